The fourth-order valence-corrected chi connectivity index (χ4v) is 10.9. The lowest BCUT2D eigenvalue weighted by Gasteiger charge is -2.40. The minimum atomic E-state index is -1.57. The Labute approximate surface area is 498 Å². The summed E-state index contributed by atoms with van der Waals surface area (Å²) >= 11 is 0. The molecule has 476 valence electrons. The third-order valence-corrected chi connectivity index (χ3v) is 16.5. The molecule has 7 unspecified atom stereocenters. The van der Waals surface area contributed by atoms with Crippen LogP contribution in [0.4, 0.5) is 0 Å². The maximum Gasteiger partial charge on any atom is 0.305 e. The summed E-state index contributed by atoms with van der Waals surface area (Å²) in [7, 11) is 0. The van der Waals surface area contributed by atoms with Crippen LogP contribution in [0.3, 0.4) is 0 Å². The highest BCUT2D eigenvalue weighted by Crippen LogP contribution is 2.23. The Morgan fingerprint density at radius 1 is 0.444 bits per heavy atom. The van der Waals surface area contributed by atoms with Crippen LogP contribution in [0.15, 0.2) is 36.5 Å². The van der Waals surface area contributed by atoms with Crippen molar-refractivity contribution in [3.05, 3.63) is 36.5 Å². The number of unbranched alkanes of at least 4 members (excludes halogenated alkanes) is 43. The molecule has 0 aromatic rings. The standard InChI is InChI=1S/C70H131NO10/c1-3-5-7-9-11-13-15-16-33-37-40-44-48-52-56-63(73)62(61-80-70-69(78)68(77)67(76)64(60-72)81-70)71-65(74)57-53-49-45-41-38-34-31-29-27-25-23-21-19-17-18-20-22-24-26-28-30-32-35-39-43-47-51-55-59-79-66(75)58-54-50-46-42-36-14-12-10-8-6-4-2/h10,12,17-18,52,56,62-64,67-70,72-73,76-78H,3-9,11,13-16,19-51,53-55,57-61H2,1-2H3,(H,71,74)/b12-10-,18-17-,56-52+. The van der Waals surface area contributed by atoms with Crippen molar-refractivity contribution in [1.29, 1.82) is 0 Å². The Morgan fingerprint density at radius 2 is 0.802 bits per heavy atom. The number of carbonyl (C=O) groups is 2. The number of amides is 1. The lowest BCUT2D eigenvalue weighted by atomic mass is 9.99. The molecule has 81 heavy (non-hydrogen) atoms. The average molecular weight is 1150 g/mol. The molecule has 1 fully saturated rings. The molecule has 0 aromatic heterocycles. The van der Waals surface area contributed by atoms with Gasteiger partial charge in [0.05, 0.1) is 32.0 Å². The van der Waals surface area contributed by atoms with Crippen molar-refractivity contribution < 1.29 is 49.3 Å². The normalized spacial score (nSPS) is 18.4. The van der Waals surface area contributed by atoms with E-state index in [0.29, 0.717) is 19.4 Å². The molecular formula is C70H131NO10. The van der Waals surface area contributed by atoms with Crippen molar-refractivity contribution in [1.82, 2.24) is 5.32 Å². The van der Waals surface area contributed by atoms with E-state index in [9.17, 15) is 35.1 Å². The van der Waals surface area contributed by atoms with Gasteiger partial charge in [-0.15, -0.1) is 0 Å². The Balaban J connectivity index is 2.00. The zero-order valence-electron chi connectivity index (χ0n) is 52.8. The first-order valence-corrected chi connectivity index (χ1v) is 34.8. The number of hydrogen-bond donors (Lipinski definition) is 6. The van der Waals surface area contributed by atoms with Crippen LogP contribution >= 0.6 is 0 Å². The highest BCUT2D eigenvalue weighted by atomic mass is 16.7. The fourth-order valence-electron chi connectivity index (χ4n) is 10.9. The highest BCUT2D eigenvalue weighted by molar-refractivity contribution is 5.76. The van der Waals surface area contributed by atoms with Crippen LogP contribution in [-0.4, -0.2) is 100 Å². The average Bonchev–Trinajstić information content (AvgIpc) is 3.50. The van der Waals surface area contributed by atoms with Gasteiger partial charge < -0.3 is 45.1 Å². The molecule has 0 aliphatic carbocycles. The van der Waals surface area contributed by atoms with Crippen molar-refractivity contribution in [2.45, 2.75) is 378 Å². The van der Waals surface area contributed by atoms with E-state index in [4.69, 9.17) is 14.2 Å². The lowest BCUT2D eigenvalue weighted by molar-refractivity contribution is -0.302. The number of nitrogens with one attached hydrogen (secondary N) is 1. The van der Waals surface area contributed by atoms with Crippen molar-refractivity contribution in [3.8, 4) is 0 Å². The second kappa shape index (κ2) is 59.6. The van der Waals surface area contributed by atoms with Crippen molar-refractivity contribution in [2.24, 2.45) is 0 Å². The topological polar surface area (TPSA) is 175 Å². The van der Waals surface area contributed by atoms with Crippen molar-refractivity contribution >= 4 is 11.9 Å². The van der Waals surface area contributed by atoms with Gasteiger partial charge in [0.15, 0.2) is 6.29 Å². The molecular weight excluding hydrogens is 1010 g/mol. The molecule has 1 amide bonds. The molecule has 11 nitrogen and oxygen atoms in total. The summed E-state index contributed by atoms with van der Waals surface area (Å²) in [4.78, 5) is 25.1. The van der Waals surface area contributed by atoms with Crippen LogP contribution < -0.4 is 5.32 Å². The van der Waals surface area contributed by atoms with E-state index >= 15 is 0 Å². The summed E-state index contributed by atoms with van der Waals surface area (Å²) < 4.78 is 16.7. The van der Waals surface area contributed by atoms with Gasteiger partial charge in [-0.1, -0.05) is 281 Å². The summed E-state index contributed by atoms with van der Waals surface area (Å²) in [5, 5.41) is 54.5. The molecule has 1 aliphatic rings. The first-order valence-electron chi connectivity index (χ1n) is 34.8. The van der Waals surface area contributed by atoms with Gasteiger partial charge in [0.2, 0.25) is 5.91 Å². The van der Waals surface area contributed by atoms with Crippen LogP contribution in [0.2, 0.25) is 0 Å². The minimum Gasteiger partial charge on any atom is -0.466 e. The summed E-state index contributed by atoms with van der Waals surface area (Å²) in [6, 6.07) is -0.810. The zero-order chi connectivity index (χ0) is 58.7. The SMILES string of the molecule is CCCC/C=C\CCCCCCCC(=O)OCCCCCCCCCCCCCC/C=C\CCCCCCCCCCCCCCC(=O)NC(COC1OC(CO)C(O)C(O)C1O)C(O)/C=C/CCCCCCCCCCCCCC. The molecule has 0 aromatic carbocycles. The van der Waals surface area contributed by atoms with Gasteiger partial charge in [-0.25, -0.2) is 0 Å². The number of allylic oxidation sites excluding steroid dienone is 5. The number of hydrogen-bond acceptors (Lipinski definition) is 10. The third kappa shape index (κ3) is 48.8. The van der Waals surface area contributed by atoms with E-state index in [-0.39, 0.29) is 18.5 Å². The van der Waals surface area contributed by atoms with Gasteiger partial charge in [0, 0.05) is 12.8 Å². The summed E-state index contributed by atoms with van der Waals surface area (Å²) in [6.07, 6.45) is 65.5. The van der Waals surface area contributed by atoms with Crippen LogP contribution in [0.1, 0.15) is 335 Å². The summed E-state index contributed by atoms with van der Waals surface area (Å²) in [5.74, 6) is -0.184. The lowest BCUT2D eigenvalue weighted by Crippen LogP contribution is -2.60. The second-order valence-corrected chi connectivity index (χ2v) is 24.2. The predicted molar refractivity (Wildman–Crippen MR) is 338 cm³/mol. The third-order valence-electron chi connectivity index (χ3n) is 16.5. The van der Waals surface area contributed by atoms with E-state index < -0.39 is 49.5 Å². The van der Waals surface area contributed by atoms with Crippen LogP contribution in [0, 0.1) is 0 Å². The largest absolute Gasteiger partial charge is 0.466 e. The minimum absolute atomic E-state index is 0.00423. The quantitative estimate of drug-likeness (QED) is 0.0195. The first kappa shape index (κ1) is 76.9. The molecule has 1 heterocycles. The maximum absolute atomic E-state index is 13.1. The second-order valence-electron chi connectivity index (χ2n) is 24.2. The van der Waals surface area contributed by atoms with Crippen molar-refractivity contribution in [3.63, 3.8) is 0 Å². The van der Waals surface area contributed by atoms with Crippen LogP contribution in [0.5, 0.6) is 0 Å². The molecule has 0 spiro atoms. The van der Waals surface area contributed by atoms with E-state index in [0.717, 1.165) is 57.8 Å². The molecule has 7 atom stereocenters. The van der Waals surface area contributed by atoms with Crippen LogP contribution in [0.25, 0.3) is 0 Å². The van der Waals surface area contributed by atoms with Gasteiger partial charge in [0.1, 0.15) is 24.4 Å². The maximum atomic E-state index is 13.1. The number of esters is 1. The molecule has 0 saturated carbocycles. The van der Waals surface area contributed by atoms with Gasteiger partial charge in [-0.3, -0.25) is 9.59 Å². The Bertz CT molecular complexity index is 1440. The van der Waals surface area contributed by atoms with Gasteiger partial charge >= 0.3 is 5.97 Å². The zero-order valence-corrected chi connectivity index (χ0v) is 52.8. The predicted octanol–water partition coefficient (Wildman–Crippen LogP) is 17.4. The van der Waals surface area contributed by atoms with E-state index in [1.807, 2.05) is 6.08 Å². The molecule has 11 heteroatoms. The van der Waals surface area contributed by atoms with Gasteiger partial charge in [0.25, 0.3) is 0 Å². The van der Waals surface area contributed by atoms with Crippen molar-refractivity contribution in [2.75, 3.05) is 19.8 Å². The monoisotopic (exact) mass is 1150 g/mol. The number of carbonyl (C=O) groups excluding carboxylic acids is 2. The Morgan fingerprint density at radius 3 is 1.22 bits per heavy atom. The smallest absolute Gasteiger partial charge is 0.305 e. The molecule has 0 radical (unpaired) electrons. The van der Waals surface area contributed by atoms with E-state index in [1.165, 1.54) is 250 Å². The highest BCUT2D eigenvalue weighted by Gasteiger charge is 2.44. The summed E-state index contributed by atoms with van der Waals surface area (Å²) in [6.45, 7) is 4.33. The van der Waals surface area contributed by atoms with Gasteiger partial charge in [-0.2, -0.15) is 0 Å². The molecule has 0 bridgehead atoms. The first-order chi connectivity index (χ1) is 39.7. The van der Waals surface area contributed by atoms with Crippen LogP contribution in [-0.2, 0) is 23.8 Å². The molecule has 6 N–H and O–H groups in total. The number of rotatable bonds is 61. The number of ether oxygens (including phenoxy) is 3. The Hall–Kier alpha value is -2.12. The molecule has 1 aliphatic heterocycles. The molecule has 1 rings (SSSR count). The summed E-state index contributed by atoms with van der Waals surface area (Å²) in [5.41, 5.74) is 0. The van der Waals surface area contributed by atoms with Gasteiger partial charge in [-0.05, 0) is 77.0 Å². The number of aliphatic hydroxyl groups is 5. The molecule has 1 saturated heterocycles. The van der Waals surface area contributed by atoms with E-state index in [2.05, 4.69) is 43.5 Å². The van der Waals surface area contributed by atoms with E-state index in [1.54, 1.807) is 6.08 Å². The fraction of sp³-hybridized carbons (Fsp3) is 0.886. The Kier molecular flexibility index (Phi) is 56.6. The number of aliphatic hydroxyl groups excluding tert-OH is 5.